The molecule has 0 aromatic heterocycles. The number of rotatable bonds is 4. The number of hydrogen-bond donors (Lipinski definition) is 2. The Hall–Kier alpha value is -2.02. The minimum atomic E-state index is -0.890. The van der Waals surface area contributed by atoms with Crippen molar-refractivity contribution in [1.29, 1.82) is 0 Å². The maximum Gasteiger partial charge on any atom is 0.226 e. The monoisotopic (exact) mass is 210 g/mol. The van der Waals surface area contributed by atoms with Gasteiger partial charge >= 0.3 is 0 Å². The molecule has 15 heavy (non-hydrogen) atoms. The van der Waals surface area contributed by atoms with E-state index < -0.39 is 11.3 Å². The minimum absolute atomic E-state index is 0.301. The summed E-state index contributed by atoms with van der Waals surface area (Å²) in [4.78, 5) is 9.98. The highest BCUT2D eigenvalue weighted by Crippen LogP contribution is 2.24. The van der Waals surface area contributed by atoms with Crippen LogP contribution in [-0.2, 0) is 0 Å². The fraction of sp³-hybridized carbons (Fsp3) is 0.250. The van der Waals surface area contributed by atoms with Crippen molar-refractivity contribution < 1.29 is 10.1 Å². The van der Waals surface area contributed by atoms with E-state index in [-0.39, 0.29) is 0 Å². The van der Waals surface area contributed by atoms with Gasteiger partial charge in [-0.3, -0.25) is 0 Å². The Labute approximate surface area is 85.6 Å². The van der Waals surface area contributed by atoms with Crippen molar-refractivity contribution in [2.45, 2.75) is 13.2 Å². The number of hydrogen-bond acceptors (Lipinski definition) is 5. The van der Waals surface area contributed by atoms with Crippen molar-refractivity contribution in [3.63, 3.8) is 0 Å². The Morgan fingerprint density at radius 2 is 2.20 bits per heavy atom. The van der Waals surface area contributed by atoms with E-state index in [0.717, 1.165) is 0 Å². The van der Waals surface area contributed by atoms with Gasteiger partial charge in [-0.1, -0.05) is 12.1 Å². The van der Waals surface area contributed by atoms with Crippen LogP contribution >= 0.6 is 0 Å². The molecule has 80 valence electrons. The molecule has 0 saturated heterocycles. The van der Waals surface area contributed by atoms with Gasteiger partial charge in [-0.25, -0.2) is 0 Å². The molecule has 0 saturated carbocycles. The first-order chi connectivity index (χ1) is 7.09. The van der Waals surface area contributed by atoms with Crippen molar-refractivity contribution in [2.24, 2.45) is 10.3 Å². The SMILES string of the molecule is CC(O)Nc1ccccc1/N=N/[N+](=O)[O-]. The zero-order valence-corrected chi connectivity index (χ0v) is 7.99. The van der Waals surface area contributed by atoms with Gasteiger partial charge in [0.25, 0.3) is 0 Å². The first kappa shape index (κ1) is 11.1. The molecule has 0 amide bonds. The highest BCUT2D eigenvalue weighted by molar-refractivity contribution is 5.64. The van der Waals surface area contributed by atoms with E-state index in [4.69, 9.17) is 5.11 Å². The van der Waals surface area contributed by atoms with Crippen molar-refractivity contribution in [1.82, 2.24) is 0 Å². The summed E-state index contributed by atoms with van der Waals surface area (Å²) in [6.45, 7) is 1.53. The number of aliphatic hydroxyl groups excluding tert-OH is 1. The van der Waals surface area contributed by atoms with E-state index in [1.165, 1.54) is 6.92 Å². The van der Waals surface area contributed by atoms with Crippen LogP contribution in [0.2, 0.25) is 0 Å². The number of nitrogens with one attached hydrogen (secondary N) is 1. The van der Waals surface area contributed by atoms with E-state index >= 15 is 0 Å². The molecule has 1 aromatic rings. The van der Waals surface area contributed by atoms with Crippen molar-refractivity contribution >= 4 is 11.4 Å². The molecule has 0 fully saturated rings. The molecule has 7 nitrogen and oxygen atoms in total. The van der Waals surface area contributed by atoms with E-state index in [9.17, 15) is 10.1 Å². The number of anilines is 1. The third kappa shape index (κ3) is 3.69. The smallest absolute Gasteiger partial charge is 0.226 e. The molecular formula is C8H10N4O3. The van der Waals surface area contributed by atoms with E-state index in [0.29, 0.717) is 11.4 Å². The number of aliphatic hydroxyl groups is 1. The van der Waals surface area contributed by atoms with Gasteiger partial charge in [0.15, 0.2) is 5.22 Å². The molecular weight excluding hydrogens is 200 g/mol. The largest absolute Gasteiger partial charge is 0.374 e. The van der Waals surface area contributed by atoms with Gasteiger partial charge in [0.2, 0.25) is 5.69 Å². The fourth-order valence-corrected chi connectivity index (χ4v) is 0.993. The molecule has 0 aliphatic rings. The first-order valence-electron chi connectivity index (χ1n) is 4.19. The second kappa shape index (κ2) is 5.01. The molecule has 0 aliphatic carbocycles. The summed E-state index contributed by atoms with van der Waals surface area (Å²) in [5, 5.41) is 27.1. The topological polar surface area (TPSA) is 100 Å². The Balaban J connectivity index is 2.91. The molecule has 1 aromatic carbocycles. The zero-order chi connectivity index (χ0) is 11.3. The quantitative estimate of drug-likeness (QED) is 0.342. The predicted molar refractivity (Wildman–Crippen MR) is 53.3 cm³/mol. The number of nitro groups is 1. The molecule has 0 aliphatic heterocycles. The Bertz CT molecular complexity index is 378. The minimum Gasteiger partial charge on any atom is -0.374 e. The average Bonchev–Trinajstić information content (AvgIpc) is 2.15. The Kier molecular flexibility index (Phi) is 3.69. The molecule has 2 N–H and O–H groups in total. The standard InChI is InChI=1S/C8H10N4O3/c1-6(13)9-7-4-2-3-5-8(7)10-11-12(14)15/h2-6,9,13H,1H3/b11-10+. The maximum atomic E-state index is 9.98. The summed E-state index contributed by atoms with van der Waals surface area (Å²) in [6.07, 6.45) is -0.767. The van der Waals surface area contributed by atoms with Gasteiger partial charge < -0.3 is 20.5 Å². The third-order valence-corrected chi connectivity index (χ3v) is 1.49. The van der Waals surface area contributed by atoms with E-state index in [1.54, 1.807) is 24.3 Å². The molecule has 1 atom stereocenters. The lowest BCUT2D eigenvalue weighted by molar-refractivity contribution is -0.493. The molecule has 0 heterocycles. The molecule has 7 heteroatoms. The normalized spacial score (nSPS) is 12.7. The van der Waals surface area contributed by atoms with Crippen LogP contribution < -0.4 is 5.32 Å². The molecule has 1 rings (SSSR count). The van der Waals surface area contributed by atoms with Crippen LogP contribution in [-0.4, -0.2) is 16.4 Å². The van der Waals surface area contributed by atoms with Gasteiger partial charge in [-0.2, -0.15) is 0 Å². The van der Waals surface area contributed by atoms with Crippen LogP contribution in [0.1, 0.15) is 6.92 Å². The number of nitrogens with zero attached hydrogens (tertiary/aromatic N) is 3. The van der Waals surface area contributed by atoms with Crippen LogP contribution in [0.4, 0.5) is 11.4 Å². The van der Waals surface area contributed by atoms with Crippen LogP contribution in [0.5, 0.6) is 0 Å². The Morgan fingerprint density at radius 1 is 1.53 bits per heavy atom. The lowest BCUT2D eigenvalue weighted by Crippen LogP contribution is -2.13. The van der Waals surface area contributed by atoms with Gasteiger partial charge in [0.05, 0.1) is 15.8 Å². The second-order valence-corrected chi connectivity index (χ2v) is 2.76. The summed E-state index contributed by atoms with van der Waals surface area (Å²) < 4.78 is 0. The zero-order valence-electron chi connectivity index (χ0n) is 7.99. The lowest BCUT2D eigenvalue weighted by atomic mass is 10.2. The van der Waals surface area contributed by atoms with Crippen molar-refractivity contribution in [3.8, 4) is 0 Å². The average molecular weight is 210 g/mol. The Morgan fingerprint density at radius 3 is 2.80 bits per heavy atom. The fourth-order valence-electron chi connectivity index (χ4n) is 0.993. The third-order valence-electron chi connectivity index (χ3n) is 1.49. The van der Waals surface area contributed by atoms with E-state index in [2.05, 4.69) is 15.7 Å². The summed E-state index contributed by atoms with van der Waals surface area (Å²) in [5.41, 5.74) is 0.785. The summed E-state index contributed by atoms with van der Waals surface area (Å²) >= 11 is 0. The van der Waals surface area contributed by atoms with Crippen molar-refractivity contribution in [3.05, 3.63) is 34.4 Å². The molecule has 0 spiro atoms. The van der Waals surface area contributed by atoms with Crippen LogP contribution in [0.25, 0.3) is 0 Å². The lowest BCUT2D eigenvalue weighted by Gasteiger charge is -2.07. The highest BCUT2D eigenvalue weighted by atomic mass is 16.7. The summed E-state index contributed by atoms with van der Waals surface area (Å²) in [5.74, 6) is 0. The molecule has 0 bridgehead atoms. The second-order valence-electron chi connectivity index (χ2n) is 2.76. The van der Waals surface area contributed by atoms with Crippen LogP contribution in [0.3, 0.4) is 0 Å². The van der Waals surface area contributed by atoms with Crippen LogP contribution in [0, 0.1) is 10.1 Å². The van der Waals surface area contributed by atoms with Gasteiger partial charge in [-0.15, -0.1) is 0 Å². The molecule has 0 radical (unpaired) electrons. The maximum absolute atomic E-state index is 9.98. The van der Waals surface area contributed by atoms with E-state index in [1.807, 2.05) is 0 Å². The van der Waals surface area contributed by atoms with Crippen LogP contribution in [0.15, 0.2) is 34.6 Å². The van der Waals surface area contributed by atoms with Gasteiger partial charge in [0, 0.05) is 0 Å². The summed E-state index contributed by atoms with van der Waals surface area (Å²) in [7, 11) is 0. The first-order valence-corrected chi connectivity index (χ1v) is 4.19. The summed E-state index contributed by atoms with van der Waals surface area (Å²) in [6, 6.07) is 6.58. The number of para-hydroxylation sites is 1. The predicted octanol–water partition coefficient (Wildman–Crippen LogP) is 1.71. The molecule has 1 unspecified atom stereocenters. The van der Waals surface area contributed by atoms with Gasteiger partial charge in [0.1, 0.15) is 6.23 Å². The number of benzene rings is 1. The van der Waals surface area contributed by atoms with Gasteiger partial charge in [-0.05, 0) is 19.1 Å². The highest BCUT2D eigenvalue weighted by Gasteiger charge is 2.07. The van der Waals surface area contributed by atoms with Crippen molar-refractivity contribution in [2.75, 3.05) is 5.32 Å².